The molecule has 6 heteroatoms. The number of amides is 1. The molecule has 0 saturated heterocycles. The highest BCUT2D eigenvalue weighted by Gasteiger charge is 2.17. The Morgan fingerprint density at radius 1 is 1.27 bits per heavy atom. The minimum atomic E-state index is -0.521. The van der Waals surface area contributed by atoms with Crippen LogP contribution in [-0.4, -0.2) is 23.8 Å². The maximum absolute atomic E-state index is 11.7. The zero-order chi connectivity index (χ0) is 16.2. The van der Waals surface area contributed by atoms with E-state index in [-0.39, 0.29) is 0 Å². The van der Waals surface area contributed by atoms with Gasteiger partial charge in [0.1, 0.15) is 11.4 Å². The summed E-state index contributed by atoms with van der Waals surface area (Å²) in [4.78, 5) is 16.1. The summed E-state index contributed by atoms with van der Waals surface area (Å²) in [5.74, 6) is 0.828. The number of benzene rings is 1. The summed E-state index contributed by atoms with van der Waals surface area (Å²) in [6, 6.07) is 7.83. The summed E-state index contributed by atoms with van der Waals surface area (Å²) in [6.07, 6.45) is 0.217. The van der Waals surface area contributed by atoms with Gasteiger partial charge >= 0.3 is 6.09 Å². The fourth-order valence-electron chi connectivity index (χ4n) is 1.79. The van der Waals surface area contributed by atoms with Gasteiger partial charge in [0.05, 0.1) is 12.8 Å². The Hall–Kier alpha value is -2.08. The number of methoxy groups -OCH3 is 1. The van der Waals surface area contributed by atoms with Crippen molar-refractivity contribution < 1.29 is 14.3 Å². The third-order valence-corrected chi connectivity index (χ3v) is 3.51. The summed E-state index contributed by atoms with van der Waals surface area (Å²) in [5.41, 5.74) is 1.52. The number of anilines is 1. The van der Waals surface area contributed by atoms with E-state index in [0.717, 1.165) is 17.0 Å². The second kappa shape index (κ2) is 6.79. The van der Waals surface area contributed by atoms with Crippen molar-refractivity contribution in [3.05, 3.63) is 40.9 Å². The van der Waals surface area contributed by atoms with Crippen LogP contribution in [0.25, 0.3) is 0 Å². The maximum Gasteiger partial charge on any atom is 0.413 e. The molecule has 1 heterocycles. The SMILES string of the molecule is COc1ccc(Cc2csc(NC(=O)OC(C)(C)C)n2)cc1. The van der Waals surface area contributed by atoms with E-state index in [9.17, 15) is 4.79 Å². The Labute approximate surface area is 134 Å². The lowest BCUT2D eigenvalue weighted by atomic mass is 10.1. The molecule has 0 fully saturated rings. The number of carbonyl (C=O) groups is 1. The van der Waals surface area contributed by atoms with Crippen LogP contribution in [0.15, 0.2) is 29.6 Å². The van der Waals surface area contributed by atoms with Gasteiger partial charge in [-0.25, -0.2) is 9.78 Å². The number of nitrogens with zero attached hydrogens (tertiary/aromatic N) is 1. The molecule has 5 nitrogen and oxygen atoms in total. The first-order valence-corrected chi connectivity index (χ1v) is 7.81. The summed E-state index contributed by atoms with van der Waals surface area (Å²) >= 11 is 1.38. The predicted molar refractivity (Wildman–Crippen MR) is 87.8 cm³/mol. The van der Waals surface area contributed by atoms with Gasteiger partial charge < -0.3 is 9.47 Å². The average molecular weight is 320 g/mol. The third kappa shape index (κ3) is 5.04. The molecule has 1 amide bonds. The lowest BCUT2D eigenvalue weighted by Crippen LogP contribution is -2.27. The summed E-state index contributed by atoms with van der Waals surface area (Å²) in [5, 5.41) is 5.12. The lowest BCUT2D eigenvalue weighted by Gasteiger charge is -2.18. The normalized spacial score (nSPS) is 11.1. The highest BCUT2D eigenvalue weighted by atomic mass is 32.1. The Morgan fingerprint density at radius 2 is 1.95 bits per heavy atom. The number of ether oxygens (including phenoxy) is 2. The van der Waals surface area contributed by atoms with Crippen LogP contribution in [-0.2, 0) is 11.2 Å². The highest BCUT2D eigenvalue weighted by Crippen LogP contribution is 2.20. The van der Waals surface area contributed by atoms with Gasteiger partial charge in [-0.15, -0.1) is 11.3 Å². The highest BCUT2D eigenvalue weighted by molar-refractivity contribution is 7.13. The van der Waals surface area contributed by atoms with Gasteiger partial charge in [-0.1, -0.05) is 12.1 Å². The Kier molecular flexibility index (Phi) is 5.03. The van der Waals surface area contributed by atoms with Crippen molar-refractivity contribution in [3.8, 4) is 5.75 Å². The fraction of sp³-hybridized carbons (Fsp3) is 0.375. The first kappa shape index (κ1) is 16.3. The van der Waals surface area contributed by atoms with E-state index in [0.29, 0.717) is 11.6 Å². The molecule has 2 rings (SSSR count). The van der Waals surface area contributed by atoms with E-state index in [2.05, 4.69) is 10.3 Å². The molecule has 0 saturated carbocycles. The molecule has 0 aliphatic carbocycles. The van der Waals surface area contributed by atoms with Crippen LogP contribution in [0.4, 0.5) is 9.93 Å². The van der Waals surface area contributed by atoms with Crippen molar-refractivity contribution in [3.63, 3.8) is 0 Å². The first-order valence-electron chi connectivity index (χ1n) is 6.93. The largest absolute Gasteiger partial charge is 0.497 e. The third-order valence-electron chi connectivity index (χ3n) is 2.70. The molecule has 2 aromatic rings. The minimum Gasteiger partial charge on any atom is -0.497 e. The molecule has 1 aromatic heterocycles. The topological polar surface area (TPSA) is 60.5 Å². The second-order valence-electron chi connectivity index (χ2n) is 5.80. The molecule has 0 radical (unpaired) electrons. The van der Waals surface area contributed by atoms with Gasteiger partial charge in [0.25, 0.3) is 0 Å². The van der Waals surface area contributed by atoms with E-state index in [1.165, 1.54) is 11.3 Å². The lowest BCUT2D eigenvalue weighted by molar-refractivity contribution is 0.0636. The van der Waals surface area contributed by atoms with Gasteiger partial charge in [-0.2, -0.15) is 0 Å². The Bertz CT molecular complexity index is 630. The first-order chi connectivity index (χ1) is 10.4. The smallest absolute Gasteiger partial charge is 0.413 e. The van der Waals surface area contributed by atoms with Crippen molar-refractivity contribution in [1.29, 1.82) is 0 Å². The number of thiazole rings is 1. The monoisotopic (exact) mass is 320 g/mol. The van der Waals surface area contributed by atoms with Crippen LogP contribution < -0.4 is 10.1 Å². The van der Waals surface area contributed by atoms with E-state index in [4.69, 9.17) is 9.47 Å². The molecule has 0 aliphatic rings. The molecule has 0 bridgehead atoms. The fourth-order valence-corrected chi connectivity index (χ4v) is 2.48. The quantitative estimate of drug-likeness (QED) is 0.921. The minimum absolute atomic E-state index is 0.488. The molecular weight excluding hydrogens is 300 g/mol. The van der Waals surface area contributed by atoms with Crippen LogP contribution in [0.3, 0.4) is 0 Å². The summed E-state index contributed by atoms with van der Waals surface area (Å²) in [7, 11) is 1.64. The zero-order valence-electron chi connectivity index (χ0n) is 13.2. The van der Waals surface area contributed by atoms with Gasteiger partial charge in [0, 0.05) is 11.8 Å². The van der Waals surface area contributed by atoms with E-state index < -0.39 is 11.7 Å². The number of carbonyl (C=O) groups excluding carboxylic acids is 1. The molecular formula is C16H20N2O3S. The van der Waals surface area contributed by atoms with Crippen molar-refractivity contribution in [1.82, 2.24) is 4.98 Å². The average Bonchev–Trinajstić information content (AvgIpc) is 2.84. The number of rotatable bonds is 4. The molecule has 0 aliphatic heterocycles. The van der Waals surface area contributed by atoms with Crippen LogP contribution in [0.2, 0.25) is 0 Å². The van der Waals surface area contributed by atoms with Gasteiger partial charge in [-0.05, 0) is 38.5 Å². The molecule has 0 spiro atoms. The Balaban J connectivity index is 1.94. The van der Waals surface area contributed by atoms with Crippen LogP contribution in [0.5, 0.6) is 5.75 Å². The number of nitrogens with one attached hydrogen (secondary N) is 1. The van der Waals surface area contributed by atoms with Gasteiger partial charge in [-0.3, -0.25) is 5.32 Å². The van der Waals surface area contributed by atoms with E-state index in [1.807, 2.05) is 50.4 Å². The zero-order valence-corrected chi connectivity index (χ0v) is 14.0. The number of aromatic nitrogens is 1. The van der Waals surface area contributed by atoms with E-state index in [1.54, 1.807) is 7.11 Å². The predicted octanol–water partition coefficient (Wildman–Crippen LogP) is 4.09. The number of hydrogen-bond donors (Lipinski definition) is 1. The standard InChI is InChI=1S/C16H20N2O3S/c1-16(2,3)21-15(19)18-14-17-12(10-22-14)9-11-5-7-13(20-4)8-6-11/h5-8,10H,9H2,1-4H3,(H,17,18,19). The molecule has 0 atom stereocenters. The molecule has 22 heavy (non-hydrogen) atoms. The van der Waals surface area contributed by atoms with Crippen LogP contribution in [0.1, 0.15) is 32.0 Å². The van der Waals surface area contributed by atoms with E-state index >= 15 is 0 Å². The molecule has 1 N–H and O–H groups in total. The maximum atomic E-state index is 11.7. The van der Waals surface area contributed by atoms with Crippen molar-refractivity contribution >= 4 is 22.6 Å². The Morgan fingerprint density at radius 3 is 2.55 bits per heavy atom. The molecule has 118 valence electrons. The summed E-state index contributed by atoms with van der Waals surface area (Å²) < 4.78 is 10.3. The van der Waals surface area contributed by atoms with Crippen molar-refractivity contribution in [2.24, 2.45) is 0 Å². The van der Waals surface area contributed by atoms with Crippen molar-refractivity contribution in [2.75, 3.05) is 12.4 Å². The van der Waals surface area contributed by atoms with Crippen LogP contribution >= 0.6 is 11.3 Å². The van der Waals surface area contributed by atoms with Crippen molar-refractivity contribution in [2.45, 2.75) is 32.8 Å². The second-order valence-corrected chi connectivity index (χ2v) is 6.65. The van der Waals surface area contributed by atoms with Crippen LogP contribution in [0, 0.1) is 0 Å². The molecule has 1 aromatic carbocycles. The van der Waals surface area contributed by atoms with Gasteiger partial charge in [0.2, 0.25) is 0 Å². The van der Waals surface area contributed by atoms with Gasteiger partial charge in [0.15, 0.2) is 5.13 Å². The molecule has 0 unspecified atom stereocenters. The summed E-state index contributed by atoms with van der Waals surface area (Å²) in [6.45, 7) is 5.47. The number of hydrogen-bond acceptors (Lipinski definition) is 5.